The quantitative estimate of drug-likeness (QED) is 0.808. The minimum absolute atomic E-state index is 0.0318. The summed E-state index contributed by atoms with van der Waals surface area (Å²) in [5, 5.41) is 9.64. The Balaban J connectivity index is 1.52. The number of hydrogen-bond donors (Lipinski definition) is 1. The number of nitrogens with zero attached hydrogens (tertiary/aromatic N) is 2. The Hall–Kier alpha value is -1.81. The summed E-state index contributed by atoms with van der Waals surface area (Å²) in [5.74, 6) is 3.25. The summed E-state index contributed by atoms with van der Waals surface area (Å²) in [6.45, 7) is 3.59. The van der Waals surface area contributed by atoms with Gasteiger partial charge in [-0.25, -0.2) is 0 Å². The van der Waals surface area contributed by atoms with Gasteiger partial charge in [-0.3, -0.25) is 4.99 Å². The topological polar surface area (TPSA) is 45.1 Å². The summed E-state index contributed by atoms with van der Waals surface area (Å²) >= 11 is 0. The van der Waals surface area contributed by atoms with Crippen molar-refractivity contribution in [1.82, 2.24) is 4.90 Å². The highest BCUT2D eigenvalue weighted by atomic mass is 16.5. The van der Waals surface area contributed by atoms with Crippen molar-refractivity contribution in [3.63, 3.8) is 0 Å². The molecule has 4 atom stereocenters. The molecule has 1 aromatic carbocycles. The molecule has 126 valence electrons. The van der Waals surface area contributed by atoms with Gasteiger partial charge in [0.1, 0.15) is 5.75 Å². The molecule has 2 aliphatic heterocycles. The number of allylic oxidation sites excluding steroid dienone is 1. The van der Waals surface area contributed by atoms with Crippen LogP contribution in [0.2, 0.25) is 0 Å². The Kier molecular flexibility index (Phi) is 3.24. The van der Waals surface area contributed by atoms with Crippen LogP contribution < -0.4 is 0 Å². The third-order valence-corrected chi connectivity index (χ3v) is 6.44. The molecule has 4 unspecified atom stereocenters. The van der Waals surface area contributed by atoms with E-state index in [0.717, 1.165) is 39.1 Å². The van der Waals surface area contributed by atoms with E-state index in [-0.39, 0.29) is 5.54 Å². The summed E-state index contributed by atoms with van der Waals surface area (Å²) in [4.78, 5) is 7.81. The fraction of sp³-hybridized carbons (Fsp3) is 0.550. The largest absolute Gasteiger partial charge is 0.508 e. The Morgan fingerprint density at radius 1 is 1.12 bits per heavy atom. The molecule has 1 aromatic rings. The highest BCUT2D eigenvalue weighted by molar-refractivity contribution is 5.85. The first kappa shape index (κ1) is 14.5. The van der Waals surface area contributed by atoms with E-state index >= 15 is 0 Å². The Morgan fingerprint density at radius 2 is 1.92 bits per heavy atom. The molecule has 4 aliphatic rings. The number of rotatable bonds is 1. The molecule has 0 radical (unpaired) electrons. The number of amidine groups is 1. The van der Waals surface area contributed by atoms with E-state index in [1.54, 1.807) is 0 Å². The number of aromatic hydroxyl groups is 1. The molecular formula is C20H24N2O2. The molecule has 1 saturated heterocycles. The van der Waals surface area contributed by atoms with Crippen LogP contribution >= 0.6 is 0 Å². The molecule has 1 spiro atoms. The maximum atomic E-state index is 9.64. The number of aliphatic imine (C=N–C) groups is 1. The van der Waals surface area contributed by atoms with Crippen molar-refractivity contribution in [2.75, 3.05) is 26.3 Å². The second kappa shape index (κ2) is 5.35. The van der Waals surface area contributed by atoms with Crippen LogP contribution in [0.1, 0.15) is 30.7 Å². The molecule has 1 N–H and O–H groups in total. The monoisotopic (exact) mass is 324 g/mol. The molecule has 0 amide bonds. The smallest absolute Gasteiger partial charge is 0.115 e. The van der Waals surface area contributed by atoms with E-state index in [4.69, 9.17) is 9.73 Å². The number of fused-ring (bicyclic) bond motifs is 3. The van der Waals surface area contributed by atoms with Crippen molar-refractivity contribution in [3.8, 4) is 5.75 Å². The number of ether oxygens (including phenoxy) is 1. The van der Waals surface area contributed by atoms with Gasteiger partial charge in [-0.1, -0.05) is 24.3 Å². The van der Waals surface area contributed by atoms with E-state index in [1.165, 1.54) is 17.8 Å². The predicted molar refractivity (Wildman–Crippen MR) is 93.4 cm³/mol. The van der Waals surface area contributed by atoms with Gasteiger partial charge < -0.3 is 14.7 Å². The van der Waals surface area contributed by atoms with Crippen LogP contribution in [0.5, 0.6) is 5.75 Å². The first-order chi connectivity index (χ1) is 11.8. The van der Waals surface area contributed by atoms with Gasteiger partial charge in [0.25, 0.3) is 0 Å². The molecule has 4 heteroatoms. The van der Waals surface area contributed by atoms with E-state index in [1.807, 2.05) is 12.1 Å². The lowest BCUT2D eigenvalue weighted by Gasteiger charge is -2.37. The first-order valence-electron chi connectivity index (χ1n) is 9.15. The summed E-state index contributed by atoms with van der Waals surface area (Å²) < 4.78 is 5.50. The highest BCUT2D eigenvalue weighted by Gasteiger charge is 2.58. The second-order valence-electron chi connectivity index (χ2n) is 7.58. The normalized spacial score (nSPS) is 37.4. The van der Waals surface area contributed by atoms with Crippen LogP contribution in [0.25, 0.3) is 0 Å². The van der Waals surface area contributed by atoms with E-state index in [9.17, 15) is 5.11 Å². The summed E-state index contributed by atoms with van der Waals surface area (Å²) in [7, 11) is 0. The zero-order valence-electron chi connectivity index (χ0n) is 13.9. The van der Waals surface area contributed by atoms with Gasteiger partial charge in [0, 0.05) is 31.3 Å². The van der Waals surface area contributed by atoms with Crippen LogP contribution in [-0.2, 0) is 4.74 Å². The van der Waals surface area contributed by atoms with Gasteiger partial charge in [-0.05, 0) is 36.5 Å². The van der Waals surface area contributed by atoms with E-state index in [2.05, 4.69) is 29.2 Å². The summed E-state index contributed by atoms with van der Waals surface area (Å²) in [6, 6.07) is 7.83. The lowest BCUT2D eigenvalue weighted by Crippen LogP contribution is -2.40. The maximum absolute atomic E-state index is 9.64. The van der Waals surface area contributed by atoms with Crippen molar-refractivity contribution in [2.24, 2.45) is 16.8 Å². The molecule has 2 aliphatic carbocycles. The van der Waals surface area contributed by atoms with Crippen molar-refractivity contribution in [1.29, 1.82) is 0 Å². The van der Waals surface area contributed by atoms with Crippen molar-refractivity contribution >= 4 is 5.84 Å². The molecular weight excluding hydrogens is 300 g/mol. The molecule has 0 aromatic heterocycles. The fourth-order valence-electron chi connectivity index (χ4n) is 5.37. The lowest BCUT2D eigenvalue weighted by atomic mass is 9.71. The lowest BCUT2D eigenvalue weighted by molar-refractivity contribution is 0.0674. The number of hydrogen-bond acceptors (Lipinski definition) is 4. The SMILES string of the molecule is Oc1ccc(C2C3C=CC(C3)C23CCC(N2CCOCC2)=N3)cc1. The second-order valence-corrected chi connectivity index (χ2v) is 7.58. The Labute approximate surface area is 142 Å². The van der Waals surface area contributed by atoms with Crippen molar-refractivity contribution in [3.05, 3.63) is 42.0 Å². The van der Waals surface area contributed by atoms with Gasteiger partial charge in [-0.2, -0.15) is 0 Å². The predicted octanol–water partition coefficient (Wildman–Crippen LogP) is 2.95. The third kappa shape index (κ3) is 2.05. The maximum Gasteiger partial charge on any atom is 0.115 e. The van der Waals surface area contributed by atoms with Crippen LogP contribution in [0.4, 0.5) is 0 Å². The van der Waals surface area contributed by atoms with Gasteiger partial charge in [-0.15, -0.1) is 0 Å². The fourth-order valence-corrected chi connectivity index (χ4v) is 5.37. The summed E-state index contributed by atoms with van der Waals surface area (Å²) in [6.07, 6.45) is 8.27. The first-order valence-corrected chi connectivity index (χ1v) is 9.15. The minimum Gasteiger partial charge on any atom is -0.508 e. The zero-order chi connectivity index (χ0) is 16.1. The van der Waals surface area contributed by atoms with Gasteiger partial charge in [0.05, 0.1) is 24.6 Å². The van der Waals surface area contributed by atoms with Crippen molar-refractivity contribution in [2.45, 2.75) is 30.7 Å². The van der Waals surface area contributed by atoms with Crippen LogP contribution in [0.15, 0.2) is 41.4 Å². The Morgan fingerprint density at radius 3 is 2.71 bits per heavy atom. The standard InChI is InChI=1S/C20H24N2O2/c23-17-5-2-14(3-6-17)19-15-1-4-16(13-15)20(19)8-7-18(21-20)22-9-11-24-12-10-22/h1-6,15-16,19,23H,7-13H2. The molecule has 24 heavy (non-hydrogen) atoms. The van der Waals surface area contributed by atoms with Gasteiger partial charge >= 0.3 is 0 Å². The highest BCUT2D eigenvalue weighted by Crippen LogP contribution is 2.60. The molecule has 5 rings (SSSR count). The molecule has 2 bridgehead atoms. The summed E-state index contributed by atoms with van der Waals surface area (Å²) in [5.41, 5.74) is 1.36. The van der Waals surface area contributed by atoms with Gasteiger partial charge in [0.2, 0.25) is 0 Å². The number of morpholine rings is 1. The zero-order valence-corrected chi connectivity index (χ0v) is 13.9. The number of benzene rings is 1. The average molecular weight is 324 g/mol. The van der Waals surface area contributed by atoms with Crippen molar-refractivity contribution < 1.29 is 9.84 Å². The molecule has 2 heterocycles. The number of phenols is 1. The average Bonchev–Trinajstić information content (AvgIpc) is 3.32. The van der Waals surface area contributed by atoms with Crippen LogP contribution in [-0.4, -0.2) is 47.7 Å². The van der Waals surface area contributed by atoms with E-state index in [0.29, 0.717) is 23.5 Å². The molecule has 1 saturated carbocycles. The van der Waals surface area contributed by atoms with Crippen LogP contribution in [0.3, 0.4) is 0 Å². The Bertz CT molecular complexity index is 690. The van der Waals surface area contributed by atoms with Crippen LogP contribution in [0, 0.1) is 11.8 Å². The molecule has 2 fully saturated rings. The third-order valence-electron chi connectivity index (χ3n) is 6.44. The minimum atomic E-state index is 0.0318. The van der Waals surface area contributed by atoms with Gasteiger partial charge in [0.15, 0.2) is 0 Å². The molecule has 4 nitrogen and oxygen atoms in total. The van der Waals surface area contributed by atoms with E-state index < -0.39 is 0 Å². The number of phenolic OH excluding ortho intramolecular Hbond substituents is 1.